The summed E-state index contributed by atoms with van der Waals surface area (Å²) in [6.45, 7) is 11.1. The SMILES string of the molecule is C/C=C/C(OC)C(C)/C=C/N(CCC)c1nc(Br)cn(C(CC)CC)c1=O. The molecule has 0 fully saturated rings. The summed E-state index contributed by atoms with van der Waals surface area (Å²) < 4.78 is 8.01. The van der Waals surface area contributed by atoms with Gasteiger partial charge in [0.25, 0.3) is 5.56 Å². The molecule has 0 aliphatic heterocycles. The van der Waals surface area contributed by atoms with Crippen LogP contribution in [0.2, 0.25) is 0 Å². The van der Waals surface area contributed by atoms with Crippen LogP contribution in [0.4, 0.5) is 5.82 Å². The fraction of sp³-hybridized carbons (Fsp3) is 0.619. The molecule has 0 N–H and O–H groups in total. The quantitative estimate of drug-likeness (QED) is 0.437. The summed E-state index contributed by atoms with van der Waals surface area (Å²) in [5.74, 6) is 0.639. The first-order valence-electron chi connectivity index (χ1n) is 9.82. The third-order valence-corrected chi connectivity index (χ3v) is 5.08. The normalized spacial score (nSPS) is 14.4. The van der Waals surface area contributed by atoms with Crippen LogP contribution in [0, 0.1) is 5.92 Å². The van der Waals surface area contributed by atoms with E-state index in [4.69, 9.17) is 4.74 Å². The molecular formula is C21H34BrN3O2. The number of nitrogens with zero attached hydrogens (tertiary/aromatic N) is 3. The largest absolute Gasteiger partial charge is 0.377 e. The fourth-order valence-electron chi connectivity index (χ4n) is 3.11. The molecule has 27 heavy (non-hydrogen) atoms. The van der Waals surface area contributed by atoms with E-state index in [0.717, 1.165) is 25.8 Å². The molecule has 0 spiro atoms. The van der Waals surface area contributed by atoms with Gasteiger partial charge in [-0.15, -0.1) is 0 Å². The van der Waals surface area contributed by atoms with Crippen LogP contribution in [-0.4, -0.2) is 29.3 Å². The first-order chi connectivity index (χ1) is 12.9. The maximum atomic E-state index is 13.1. The van der Waals surface area contributed by atoms with E-state index in [1.165, 1.54) is 0 Å². The molecule has 1 rings (SSSR count). The highest BCUT2D eigenvalue weighted by molar-refractivity contribution is 9.10. The Labute approximate surface area is 172 Å². The maximum absolute atomic E-state index is 13.1. The Balaban J connectivity index is 3.27. The molecule has 1 heterocycles. The van der Waals surface area contributed by atoms with Crippen molar-refractivity contribution in [3.63, 3.8) is 0 Å². The zero-order valence-corrected chi connectivity index (χ0v) is 19.1. The van der Waals surface area contributed by atoms with E-state index < -0.39 is 0 Å². The number of allylic oxidation sites excluding steroid dienone is 1. The Kier molecular flexibility index (Phi) is 10.6. The monoisotopic (exact) mass is 439 g/mol. The van der Waals surface area contributed by atoms with Gasteiger partial charge in [-0.05, 0) is 42.1 Å². The van der Waals surface area contributed by atoms with Crippen molar-refractivity contribution >= 4 is 21.7 Å². The molecule has 1 aromatic heterocycles. The van der Waals surface area contributed by atoms with E-state index in [-0.39, 0.29) is 23.6 Å². The first-order valence-corrected chi connectivity index (χ1v) is 10.6. The van der Waals surface area contributed by atoms with Crippen LogP contribution in [0.3, 0.4) is 0 Å². The van der Waals surface area contributed by atoms with Crippen molar-refractivity contribution in [3.05, 3.63) is 45.6 Å². The zero-order chi connectivity index (χ0) is 20.4. The van der Waals surface area contributed by atoms with Gasteiger partial charge >= 0.3 is 0 Å². The van der Waals surface area contributed by atoms with Crippen LogP contribution < -0.4 is 10.5 Å². The standard InChI is InChI=1S/C21H34BrN3O2/c1-7-11-18(27-6)16(5)12-14-24(13-8-2)20-21(26)25(15-19(22)23-20)17(9-3)10-4/h7,11-12,14-18H,8-10,13H2,1-6H3/b11-7+,14-12+. The molecule has 0 bridgehead atoms. The Morgan fingerprint density at radius 3 is 2.48 bits per heavy atom. The molecule has 0 saturated carbocycles. The highest BCUT2D eigenvalue weighted by Crippen LogP contribution is 2.19. The molecule has 2 unspecified atom stereocenters. The summed E-state index contributed by atoms with van der Waals surface area (Å²) in [6, 6.07) is 0.175. The van der Waals surface area contributed by atoms with Gasteiger partial charge in [0.1, 0.15) is 4.60 Å². The zero-order valence-electron chi connectivity index (χ0n) is 17.5. The number of hydrogen-bond donors (Lipinski definition) is 0. The molecule has 0 aromatic carbocycles. The molecule has 0 saturated heterocycles. The van der Waals surface area contributed by atoms with Gasteiger partial charge < -0.3 is 14.2 Å². The van der Waals surface area contributed by atoms with Crippen molar-refractivity contribution in [2.75, 3.05) is 18.6 Å². The molecule has 0 amide bonds. The molecule has 0 aliphatic carbocycles. The fourth-order valence-corrected chi connectivity index (χ4v) is 3.49. The minimum atomic E-state index is -0.0469. The second-order valence-corrected chi connectivity index (χ2v) is 7.50. The summed E-state index contributed by atoms with van der Waals surface area (Å²) in [5, 5.41) is 0. The number of hydrogen-bond acceptors (Lipinski definition) is 4. The Morgan fingerprint density at radius 2 is 1.96 bits per heavy atom. The van der Waals surface area contributed by atoms with Crippen molar-refractivity contribution in [1.29, 1.82) is 0 Å². The average molecular weight is 440 g/mol. The first kappa shape index (κ1) is 23.6. The van der Waals surface area contributed by atoms with Crippen molar-refractivity contribution < 1.29 is 4.74 Å². The Hall–Kier alpha value is -1.40. The minimum Gasteiger partial charge on any atom is -0.377 e. The Bertz CT molecular complexity index is 680. The topological polar surface area (TPSA) is 47.4 Å². The van der Waals surface area contributed by atoms with Gasteiger partial charge in [-0.2, -0.15) is 0 Å². The van der Waals surface area contributed by atoms with Gasteiger partial charge in [-0.25, -0.2) is 4.98 Å². The maximum Gasteiger partial charge on any atom is 0.294 e. The molecule has 0 radical (unpaired) electrons. The van der Waals surface area contributed by atoms with Crippen LogP contribution in [0.5, 0.6) is 0 Å². The minimum absolute atomic E-state index is 0.00594. The second kappa shape index (κ2) is 12.1. The lowest BCUT2D eigenvalue weighted by atomic mass is 10.0. The smallest absolute Gasteiger partial charge is 0.294 e. The van der Waals surface area contributed by atoms with Crippen molar-refractivity contribution in [3.8, 4) is 0 Å². The van der Waals surface area contributed by atoms with Crippen molar-refractivity contribution in [2.24, 2.45) is 5.92 Å². The number of methoxy groups -OCH3 is 1. The molecular weight excluding hydrogens is 406 g/mol. The average Bonchev–Trinajstić information content (AvgIpc) is 2.66. The third kappa shape index (κ3) is 6.61. The van der Waals surface area contributed by atoms with Crippen LogP contribution in [0.25, 0.3) is 0 Å². The van der Waals surface area contributed by atoms with Crippen molar-refractivity contribution in [1.82, 2.24) is 9.55 Å². The van der Waals surface area contributed by atoms with Crippen LogP contribution in [-0.2, 0) is 4.74 Å². The van der Waals surface area contributed by atoms with E-state index in [9.17, 15) is 4.79 Å². The van der Waals surface area contributed by atoms with Gasteiger partial charge in [0.15, 0.2) is 0 Å². The van der Waals surface area contributed by atoms with Gasteiger partial charge in [-0.1, -0.05) is 45.9 Å². The van der Waals surface area contributed by atoms with E-state index >= 15 is 0 Å². The van der Waals surface area contributed by atoms with Crippen LogP contribution in [0.1, 0.15) is 59.9 Å². The van der Waals surface area contributed by atoms with Crippen LogP contribution in [0.15, 0.2) is 40.0 Å². The van der Waals surface area contributed by atoms with Gasteiger partial charge in [0.05, 0.1) is 6.10 Å². The molecule has 0 aliphatic rings. The predicted molar refractivity (Wildman–Crippen MR) is 117 cm³/mol. The van der Waals surface area contributed by atoms with Crippen molar-refractivity contribution in [2.45, 2.75) is 66.0 Å². The summed E-state index contributed by atoms with van der Waals surface area (Å²) in [5.41, 5.74) is -0.0469. The van der Waals surface area contributed by atoms with E-state index in [1.807, 2.05) is 34.7 Å². The number of aromatic nitrogens is 2. The lowest BCUT2D eigenvalue weighted by molar-refractivity contribution is 0.113. The number of ether oxygens (including phenoxy) is 1. The number of halogens is 1. The molecule has 6 heteroatoms. The molecule has 2 atom stereocenters. The number of anilines is 1. The van der Waals surface area contributed by atoms with E-state index in [0.29, 0.717) is 10.4 Å². The molecule has 152 valence electrons. The van der Waals surface area contributed by atoms with Gasteiger partial charge in [-0.3, -0.25) is 4.79 Å². The van der Waals surface area contributed by atoms with Gasteiger partial charge in [0.2, 0.25) is 5.82 Å². The predicted octanol–water partition coefficient (Wildman–Crippen LogP) is 5.32. The lowest BCUT2D eigenvalue weighted by Gasteiger charge is -2.23. The summed E-state index contributed by atoms with van der Waals surface area (Å²) >= 11 is 3.48. The highest BCUT2D eigenvalue weighted by atomic mass is 79.9. The summed E-state index contributed by atoms with van der Waals surface area (Å²) in [4.78, 5) is 19.5. The molecule has 1 aromatic rings. The summed E-state index contributed by atoms with van der Waals surface area (Å²) in [7, 11) is 1.71. The molecule has 5 nitrogen and oxygen atoms in total. The van der Waals surface area contributed by atoms with E-state index in [1.54, 1.807) is 13.3 Å². The van der Waals surface area contributed by atoms with E-state index in [2.05, 4.69) is 54.7 Å². The van der Waals surface area contributed by atoms with Crippen LogP contribution >= 0.6 is 15.9 Å². The lowest BCUT2D eigenvalue weighted by Crippen LogP contribution is -2.33. The summed E-state index contributed by atoms with van der Waals surface area (Å²) in [6.07, 6.45) is 12.6. The number of rotatable bonds is 11. The Morgan fingerprint density at radius 1 is 1.30 bits per heavy atom. The highest BCUT2D eigenvalue weighted by Gasteiger charge is 2.18. The third-order valence-electron chi connectivity index (χ3n) is 4.70. The van der Waals surface area contributed by atoms with Gasteiger partial charge in [0, 0.05) is 38.0 Å². The second-order valence-electron chi connectivity index (χ2n) is 6.69.